The summed E-state index contributed by atoms with van der Waals surface area (Å²) in [4.78, 5) is 0. The number of ether oxygens (including phenoxy) is 1. The predicted molar refractivity (Wildman–Crippen MR) is 67.3 cm³/mol. The zero-order valence-corrected chi connectivity index (χ0v) is 11.1. The second-order valence-electron chi connectivity index (χ2n) is 3.67. The molecule has 1 atom stereocenters. The highest BCUT2D eigenvalue weighted by Crippen LogP contribution is 2.27. The van der Waals surface area contributed by atoms with Gasteiger partial charge in [-0.1, -0.05) is 0 Å². The Morgan fingerprint density at radius 1 is 1.30 bits per heavy atom. The van der Waals surface area contributed by atoms with E-state index in [2.05, 4.69) is 14.9 Å². The molecule has 0 spiro atoms. The molecule has 8 heteroatoms. The van der Waals surface area contributed by atoms with Crippen LogP contribution in [0.1, 0.15) is 6.92 Å². The van der Waals surface area contributed by atoms with Crippen LogP contribution in [0.5, 0.6) is 5.75 Å². The van der Waals surface area contributed by atoms with Gasteiger partial charge in [0.05, 0.1) is 11.3 Å². The summed E-state index contributed by atoms with van der Waals surface area (Å²) in [5, 5.41) is 16.3. The fourth-order valence-electron chi connectivity index (χ4n) is 1.33. The second-order valence-corrected chi connectivity index (χ2v) is 4.96. The van der Waals surface area contributed by atoms with E-state index >= 15 is 0 Å². The van der Waals surface area contributed by atoms with Crippen LogP contribution in [0.2, 0.25) is 0 Å². The molecule has 0 radical (unpaired) electrons. The SMILES string of the molecule is C[C@H](C#N)Sc1nnc(-c2ccc(OC(F)F)cc2)o1. The van der Waals surface area contributed by atoms with Crippen LogP contribution < -0.4 is 4.74 Å². The standard InChI is InChI=1S/C12H9F2N3O2S/c1-7(6-15)20-12-17-16-10(19-12)8-2-4-9(5-3-8)18-11(13)14/h2-5,7,11H,1H3/t7-/m1/s1. The highest BCUT2D eigenvalue weighted by molar-refractivity contribution is 7.99. The van der Waals surface area contributed by atoms with Gasteiger partial charge in [-0.3, -0.25) is 0 Å². The predicted octanol–water partition coefficient (Wildman–Crippen LogP) is 3.34. The zero-order chi connectivity index (χ0) is 14.5. The van der Waals surface area contributed by atoms with Crippen molar-refractivity contribution in [1.82, 2.24) is 10.2 Å². The van der Waals surface area contributed by atoms with Gasteiger partial charge in [0.1, 0.15) is 5.75 Å². The van der Waals surface area contributed by atoms with E-state index in [9.17, 15) is 8.78 Å². The van der Waals surface area contributed by atoms with Crippen molar-refractivity contribution in [3.63, 3.8) is 0 Å². The molecule has 0 bridgehead atoms. The third-order valence-electron chi connectivity index (χ3n) is 2.19. The molecular formula is C12H9F2N3O2S. The summed E-state index contributed by atoms with van der Waals surface area (Å²) in [5.74, 6) is 0.303. The van der Waals surface area contributed by atoms with Gasteiger partial charge >= 0.3 is 6.61 Å². The average molecular weight is 297 g/mol. The molecule has 104 valence electrons. The van der Waals surface area contributed by atoms with Gasteiger partial charge in [0.2, 0.25) is 5.89 Å². The maximum absolute atomic E-state index is 12.0. The Kier molecular flexibility index (Phi) is 4.53. The van der Waals surface area contributed by atoms with E-state index in [-0.39, 0.29) is 22.1 Å². The molecule has 5 nitrogen and oxygen atoms in total. The number of nitrogens with zero attached hydrogens (tertiary/aromatic N) is 3. The van der Waals surface area contributed by atoms with Crippen molar-refractivity contribution < 1.29 is 17.9 Å². The van der Waals surface area contributed by atoms with Crippen LogP contribution in [0.3, 0.4) is 0 Å². The maximum atomic E-state index is 12.0. The average Bonchev–Trinajstić information content (AvgIpc) is 2.87. The smallest absolute Gasteiger partial charge is 0.387 e. The molecule has 0 saturated carbocycles. The fourth-order valence-corrected chi connectivity index (χ4v) is 1.90. The van der Waals surface area contributed by atoms with Gasteiger partial charge in [-0.15, -0.1) is 10.2 Å². The summed E-state index contributed by atoms with van der Waals surface area (Å²) in [6.07, 6.45) is 0. The third kappa shape index (κ3) is 3.68. The first-order valence-electron chi connectivity index (χ1n) is 5.53. The van der Waals surface area contributed by atoms with Crippen LogP contribution in [0.4, 0.5) is 8.78 Å². The van der Waals surface area contributed by atoms with Gasteiger partial charge < -0.3 is 9.15 Å². The number of aromatic nitrogens is 2. The van der Waals surface area contributed by atoms with E-state index < -0.39 is 6.61 Å². The number of benzene rings is 1. The first-order valence-corrected chi connectivity index (χ1v) is 6.41. The van der Waals surface area contributed by atoms with Crippen molar-refractivity contribution in [2.24, 2.45) is 0 Å². The monoisotopic (exact) mass is 297 g/mol. The van der Waals surface area contributed by atoms with E-state index in [1.807, 2.05) is 6.07 Å². The summed E-state index contributed by atoms with van der Waals surface area (Å²) in [7, 11) is 0. The molecule has 0 amide bonds. The summed E-state index contributed by atoms with van der Waals surface area (Å²) in [6, 6.07) is 7.88. The number of alkyl halides is 2. The minimum atomic E-state index is -2.86. The van der Waals surface area contributed by atoms with Crippen LogP contribution in [0.25, 0.3) is 11.5 Å². The summed E-state index contributed by atoms with van der Waals surface area (Å²) >= 11 is 1.15. The summed E-state index contributed by atoms with van der Waals surface area (Å²) in [6.45, 7) is -1.15. The molecule has 0 unspecified atom stereocenters. The number of hydrogen-bond donors (Lipinski definition) is 0. The fraction of sp³-hybridized carbons (Fsp3) is 0.250. The molecule has 1 aromatic carbocycles. The van der Waals surface area contributed by atoms with Crippen molar-refractivity contribution in [3.8, 4) is 23.3 Å². The number of hydrogen-bond acceptors (Lipinski definition) is 6. The molecule has 1 heterocycles. The highest BCUT2D eigenvalue weighted by atomic mass is 32.2. The van der Waals surface area contributed by atoms with Gasteiger partial charge in [0, 0.05) is 5.56 Å². The lowest BCUT2D eigenvalue weighted by Gasteiger charge is -2.03. The lowest BCUT2D eigenvalue weighted by molar-refractivity contribution is -0.0498. The number of thioether (sulfide) groups is 1. The van der Waals surface area contributed by atoms with Gasteiger partial charge in [0.15, 0.2) is 0 Å². The Bertz CT molecular complexity index is 610. The maximum Gasteiger partial charge on any atom is 0.387 e. The van der Waals surface area contributed by atoms with E-state index in [1.54, 1.807) is 6.92 Å². The third-order valence-corrected chi connectivity index (χ3v) is 3.02. The van der Waals surface area contributed by atoms with Gasteiger partial charge in [-0.25, -0.2) is 0 Å². The molecule has 2 rings (SSSR count). The van der Waals surface area contributed by atoms with Crippen LogP contribution in [-0.2, 0) is 0 Å². The Balaban J connectivity index is 2.10. The van der Waals surface area contributed by atoms with E-state index in [0.29, 0.717) is 5.56 Å². The Hall–Kier alpha value is -2.14. The Labute approximate surface area is 117 Å². The van der Waals surface area contributed by atoms with Gasteiger partial charge in [-0.05, 0) is 43.0 Å². The normalized spacial score (nSPS) is 12.2. The molecule has 0 aliphatic rings. The lowest BCUT2D eigenvalue weighted by atomic mass is 10.2. The number of rotatable bonds is 5. The number of nitriles is 1. The van der Waals surface area contributed by atoms with Crippen LogP contribution >= 0.6 is 11.8 Å². The molecule has 0 saturated heterocycles. The van der Waals surface area contributed by atoms with E-state index in [1.165, 1.54) is 24.3 Å². The van der Waals surface area contributed by atoms with Crippen LogP contribution in [-0.4, -0.2) is 22.1 Å². The number of halogens is 2. The molecule has 0 aliphatic carbocycles. The van der Waals surface area contributed by atoms with Crippen molar-refractivity contribution >= 4 is 11.8 Å². The van der Waals surface area contributed by atoms with Crippen LogP contribution in [0.15, 0.2) is 33.9 Å². The molecule has 0 fully saturated rings. The second kappa shape index (κ2) is 6.34. The van der Waals surface area contributed by atoms with Crippen LogP contribution in [0, 0.1) is 11.3 Å². The molecule has 20 heavy (non-hydrogen) atoms. The first-order chi connectivity index (χ1) is 9.58. The van der Waals surface area contributed by atoms with Crippen molar-refractivity contribution in [2.45, 2.75) is 24.0 Å². The first kappa shape index (κ1) is 14.3. The Morgan fingerprint density at radius 3 is 2.60 bits per heavy atom. The van der Waals surface area contributed by atoms with Crippen molar-refractivity contribution in [1.29, 1.82) is 5.26 Å². The highest BCUT2D eigenvalue weighted by Gasteiger charge is 2.12. The molecule has 0 N–H and O–H groups in total. The minimum Gasteiger partial charge on any atom is -0.435 e. The largest absolute Gasteiger partial charge is 0.435 e. The zero-order valence-electron chi connectivity index (χ0n) is 10.3. The summed E-state index contributed by atoms with van der Waals surface area (Å²) in [5.41, 5.74) is 0.579. The Morgan fingerprint density at radius 2 is 2.00 bits per heavy atom. The van der Waals surface area contributed by atoms with Gasteiger partial charge in [0.25, 0.3) is 5.22 Å². The quantitative estimate of drug-likeness (QED) is 0.788. The van der Waals surface area contributed by atoms with Crippen molar-refractivity contribution in [3.05, 3.63) is 24.3 Å². The molecule has 2 aromatic rings. The van der Waals surface area contributed by atoms with E-state index in [4.69, 9.17) is 9.68 Å². The summed E-state index contributed by atoms with van der Waals surface area (Å²) < 4.78 is 33.6. The van der Waals surface area contributed by atoms with Crippen molar-refractivity contribution in [2.75, 3.05) is 0 Å². The lowest BCUT2D eigenvalue weighted by Crippen LogP contribution is -2.01. The van der Waals surface area contributed by atoms with E-state index in [0.717, 1.165) is 11.8 Å². The molecule has 1 aromatic heterocycles. The van der Waals surface area contributed by atoms with Gasteiger partial charge in [-0.2, -0.15) is 14.0 Å². The topological polar surface area (TPSA) is 71.9 Å². The molecular weight excluding hydrogens is 288 g/mol. The minimum absolute atomic E-state index is 0.0518. The molecule has 0 aliphatic heterocycles.